The highest BCUT2D eigenvalue weighted by molar-refractivity contribution is 7.91. The largest absolute Gasteiger partial charge is 0.351 e. The maximum absolute atomic E-state index is 13.2. The molecule has 0 radical (unpaired) electrons. The number of carbonyl (C=O) groups excluding carboxylic acids is 2. The Morgan fingerprint density at radius 2 is 2.00 bits per heavy atom. The van der Waals surface area contributed by atoms with Crippen molar-refractivity contribution in [1.82, 2.24) is 15.2 Å². The summed E-state index contributed by atoms with van der Waals surface area (Å²) < 4.78 is 24.4. The monoisotopic (exact) mass is 395 g/mol. The number of pyridine rings is 1. The normalized spacial score (nSPS) is 22.4. The first-order valence-corrected chi connectivity index (χ1v) is 11.2. The van der Waals surface area contributed by atoms with Crippen LogP contribution in [0.15, 0.2) is 24.5 Å². The molecule has 1 aromatic heterocycles. The van der Waals surface area contributed by atoms with Crippen molar-refractivity contribution in [3.63, 3.8) is 0 Å². The summed E-state index contributed by atoms with van der Waals surface area (Å²) in [5.74, 6) is -1.86. The van der Waals surface area contributed by atoms with Gasteiger partial charge in [0.1, 0.15) is 0 Å². The van der Waals surface area contributed by atoms with Gasteiger partial charge < -0.3 is 10.2 Å². The quantitative estimate of drug-likeness (QED) is 0.753. The molecule has 2 rings (SSSR count). The Morgan fingerprint density at radius 3 is 2.56 bits per heavy atom. The number of aromatic nitrogens is 1. The van der Waals surface area contributed by atoms with E-state index in [-0.39, 0.29) is 35.3 Å². The molecule has 1 saturated heterocycles. The molecule has 0 spiro atoms. The lowest BCUT2D eigenvalue weighted by Gasteiger charge is -2.31. The predicted octanol–water partition coefficient (Wildman–Crippen LogP) is 1.39. The third-order valence-corrected chi connectivity index (χ3v) is 6.77. The van der Waals surface area contributed by atoms with Crippen molar-refractivity contribution in [2.45, 2.75) is 52.7 Å². The molecule has 0 saturated carbocycles. The first-order valence-electron chi connectivity index (χ1n) is 9.34. The van der Waals surface area contributed by atoms with Crippen LogP contribution in [0, 0.1) is 11.8 Å². The summed E-state index contributed by atoms with van der Waals surface area (Å²) in [6, 6.07) is 2.89. The fraction of sp³-hybridized carbons (Fsp3) is 0.632. The van der Waals surface area contributed by atoms with Crippen molar-refractivity contribution >= 4 is 21.7 Å². The van der Waals surface area contributed by atoms with Crippen LogP contribution in [0.4, 0.5) is 0 Å². The van der Waals surface area contributed by atoms with Gasteiger partial charge in [-0.05, 0) is 31.9 Å². The zero-order chi connectivity index (χ0) is 20.2. The molecule has 0 bridgehead atoms. The Balaban J connectivity index is 2.21. The molecule has 3 atom stereocenters. The second-order valence-corrected chi connectivity index (χ2v) is 9.68. The van der Waals surface area contributed by atoms with Gasteiger partial charge in [0.25, 0.3) is 0 Å². The van der Waals surface area contributed by atoms with E-state index >= 15 is 0 Å². The van der Waals surface area contributed by atoms with Gasteiger partial charge in [-0.3, -0.25) is 14.6 Å². The lowest BCUT2D eigenvalue weighted by molar-refractivity contribution is -0.138. The van der Waals surface area contributed by atoms with Gasteiger partial charge >= 0.3 is 0 Å². The highest BCUT2D eigenvalue weighted by atomic mass is 32.2. The Bertz CT molecular complexity index is 764. The SMILES string of the molecule is CCC(C)C(=O)N[C@@H]1CS(=O)(=O)C[C@H]1C(=O)N(Cc1cccnc1)C(C)C. The second-order valence-electron chi connectivity index (χ2n) is 7.53. The average molecular weight is 396 g/mol. The van der Waals surface area contributed by atoms with E-state index in [4.69, 9.17) is 0 Å². The van der Waals surface area contributed by atoms with Gasteiger partial charge in [0.05, 0.1) is 23.5 Å². The van der Waals surface area contributed by atoms with E-state index in [1.807, 2.05) is 26.8 Å². The summed E-state index contributed by atoms with van der Waals surface area (Å²) in [6.07, 6.45) is 4.01. The first-order chi connectivity index (χ1) is 12.6. The lowest BCUT2D eigenvalue weighted by atomic mass is 9.99. The Hall–Kier alpha value is -1.96. The Morgan fingerprint density at radius 1 is 1.30 bits per heavy atom. The Labute approximate surface area is 161 Å². The fourth-order valence-electron chi connectivity index (χ4n) is 3.16. The van der Waals surface area contributed by atoms with Crippen molar-refractivity contribution < 1.29 is 18.0 Å². The van der Waals surface area contributed by atoms with Crippen LogP contribution in [0.25, 0.3) is 0 Å². The number of sulfone groups is 1. The maximum Gasteiger partial charge on any atom is 0.229 e. The standard InChI is InChI=1S/C19H29N3O4S/c1-5-14(4)18(23)21-17-12-27(25,26)11-16(17)19(24)22(13(2)3)10-15-7-6-8-20-9-15/h6-9,13-14,16-17H,5,10-12H2,1-4H3,(H,21,23)/t14?,16-,17-/m1/s1. The summed E-state index contributed by atoms with van der Waals surface area (Å²) >= 11 is 0. The molecule has 1 unspecified atom stereocenters. The van der Waals surface area contributed by atoms with Crippen LogP contribution < -0.4 is 5.32 Å². The van der Waals surface area contributed by atoms with Crippen molar-refractivity contribution in [3.8, 4) is 0 Å². The van der Waals surface area contributed by atoms with Gasteiger partial charge in [0.15, 0.2) is 9.84 Å². The summed E-state index contributed by atoms with van der Waals surface area (Å²) in [5, 5.41) is 2.80. The molecule has 8 heteroatoms. The molecule has 150 valence electrons. The number of hydrogen-bond acceptors (Lipinski definition) is 5. The van der Waals surface area contributed by atoms with E-state index in [1.165, 1.54) is 0 Å². The molecule has 2 heterocycles. The van der Waals surface area contributed by atoms with Gasteiger partial charge in [0, 0.05) is 30.9 Å². The minimum absolute atomic E-state index is 0.105. The molecule has 1 N–H and O–H groups in total. The summed E-state index contributed by atoms with van der Waals surface area (Å²) in [7, 11) is -3.37. The van der Waals surface area contributed by atoms with Crippen LogP contribution in [0.5, 0.6) is 0 Å². The van der Waals surface area contributed by atoms with Crippen LogP contribution in [0.1, 0.15) is 39.7 Å². The van der Waals surface area contributed by atoms with Gasteiger partial charge in [-0.1, -0.05) is 19.9 Å². The predicted molar refractivity (Wildman–Crippen MR) is 103 cm³/mol. The summed E-state index contributed by atoms with van der Waals surface area (Å²) in [4.78, 5) is 31.2. The maximum atomic E-state index is 13.2. The van der Waals surface area contributed by atoms with E-state index in [2.05, 4.69) is 10.3 Å². The number of hydrogen-bond donors (Lipinski definition) is 1. The van der Waals surface area contributed by atoms with E-state index in [0.717, 1.165) is 5.56 Å². The molecule has 2 amide bonds. The van der Waals surface area contributed by atoms with Crippen molar-refractivity contribution in [2.75, 3.05) is 11.5 Å². The van der Waals surface area contributed by atoms with Crippen LogP contribution in [0.3, 0.4) is 0 Å². The number of rotatable bonds is 7. The second kappa shape index (κ2) is 8.82. The van der Waals surface area contributed by atoms with Gasteiger partial charge in [-0.25, -0.2) is 8.42 Å². The van der Waals surface area contributed by atoms with Crippen LogP contribution in [-0.4, -0.2) is 53.7 Å². The molecular weight excluding hydrogens is 366 g/mol. The van der Waals surface area contributed by atoms with Gasteiger partial charge in [-0.15, -0.1) is 0 Å². The van der Waals surface area contributed by atoms with Crippen LogP contribution >= 0.6 is 0 Å². The van der Waals surface area contributed by atoms with Crippen LogP contribution in [-0.2, 0) is 26.0 Å². The van der Waals surface area contributed by atoms with Crippen molar-refractivity contribution in [1.29, 1.82) is 0 Å². The van der Waals surface area contributed by atoms with E-state index < -0.39 is 21.8 Å². The Kier molecular flexibility index (Phi) is 6.97. The van der Waals surface area contributed by atoms with Gasteiger partial charge in [-0.2, -0.15) is 0 Å². The zero-order valence-corrected chi connectivity index (χ0v) is 17.2. The molecule has 0 aromatic carbocycles. The summed E-state index contributed by atoms with van der Waals surface area (Å²) in [5.41, 5.74) is 0.876. The van der Waals surface area contributed by atoms with E-state index in [0.29, 0.717) is 13.0 Å². The van der Waals surface area contributed by atoms with E-state index in [1.54, 1.807) is 30.3 Å². The fourth-order valence-corrected chi connectivity index (χ4v) is 5.08. The van der Waals surface area contributed by atoms with Gasteiger partial charge in [0.2, 0.25) is 11.8 Å². The molecule has 1 aliphatic heterocycles. The highest BCUT2D eigenvalue weighted by Gasteiger charge is 2.44. The lowest BCUT2D eigenvalue weighted by Crippen LogP contribution is -2.50. The smallest absolute Gasteiger partial charge is 0.229 e. The highest BCUT2D eigenvalue weighted by Crippen LogP contribution is 2.24. The minimum Gasteiger partial charge on any atom is -0.351 e. The van der Waals surface area contributed by atoms with Crippen LogP contribution in [0.2, 0.25) is 0 Å². The molecule has 1 aromatic rings. The van der Waals surface area contributed by atoms with Crippen molar-refractivity contribution in [2.24, 2.45) is 11.8 Å². The molecule has 1 aliphatic rings. The third-order valence-electron chi connectivity index (χ3n) is 5.04. The summed E-state index contributed by atoms with van der Waals surface area (Å²) in [6.45, 7) is 7.83. The molecule has 1 fully saturated rings. The molecular formula is C19H29N3O4S. The molecule has 27 heavy (non-hydrogen) atoms. The number of carbonyl (C=O) groups is 2. The minimum atomic E-state index is -3.37. The number of nitrogens with one attached hydrogen (secondary N) is 1. The zero-order valence-electron chi connectivity index (χ0n) is 16.4. The number of amides is 2. The number of nitrogens with zero attached hydrogens (tertiary/aromatic N) is 2. The third kappa shape index (κ3) is 5.51. The van der Waals surface area contributed by atoms with E-state index in [9.17, 15) is 18.0 Å². The topological polar surface area (TPSA) is 96.4 Å². The first kappa shape index (κ1) is 21.3. The van der Waals surface area contributed by atoms with Crippen molar-refractivity contribution in [3.05, 3.63) is 30.1 Å². The molecule has 7 nitrogen and oxygen atoms in total. The average Bonchev–Trinajstić information content (AvgIpc) is 2.93. The molecule has 0 aliphatic carbocycles.